The molecule has 0 bridgehead atoms. The highest BCUT2D eigenvalue weighted by Crippen LogP contribution is 2.33. The summed E-state index contributed by atoms with van der Waals surface area (Å²) in [6.45, 7) is 2.98. The lowest BCUT2D eigenvalue weighted by atomic mass is 10.2. The average Bonchev–Trinajstić information content (AvgIpc) is 3.15. The van der Waals surface area contributed by atoms with Crippen LogP contribution in [-0.2, 0) is 9.53 Å². The molecule has 2 rings (SSSR count). The van der Waals surface area contributed by atoms with Crippen LogP contribution in [0.3, 0.4) is 0 Å². The van der Waals surface area contributed by atoms with E-state index in [1.165, 1.54) is 11.3 Å². The van der Waals surface area contributed by atoms with Crippen LogP contribution in [0, 0.1) is 0 Å². The number of ether oxygens (including phenoxy) is 1. The molecule has 5 nitrogen and oxygen atoms in total. The Bertz CT molecular complexity index is 479. The fourth-order valence-corrected chi connectivity index (χ4v) is 4.30. The van der Waals surface area contributed by atoms with Crippen LogP contribution in [0.25, 0.3) is 0 Å². The molecule has 1 saturated heterocycles. The number of nitrogens with one attached hydrogen (secondary N) is 1. The molecule has 0 radical (unpaired) electrons. The van der Waals surface area contributed by atoms with E-state index in [4.69, 9.17) is 4.74 Å². The van der Waals surface area contributed by atoms with E-state index < -0.39 is 6.04 Å². The maximum atomic E-state index is 12.6. The molecule has 1 fully saturated rings. The second-order valence-corrected chi connectivity index (χ2v) is 6.84. The number of thiophene rings is 1. The van der Waals surface area contributed by atoms with E-state index in [-0.39, 0.29) is 17.2 Å². The van der Waals surface area contributed by atoms with E-state index in [9.17, 15) is 9.59 Å². The fourth-order valence-electron chi connectivity index (χ4n) is 2.27. The molecular formula is C14H20N2O3S2. The first-order valence-electron chi connectivity index (χ1n) is 6.93. The second-order valence-electron chi connectivity index (χ2n) is 4.69. The first kappa shape index (κ1) is 16.3. The second kappa shape index (κ2) is 7.82. The molecule has 2 atom stereocenters. The molecule has 1 aliphatic heterocycles. The lowest BCUT2D eigenvalue weighted by Crippen LogP contribution is -2.50. The zero-order valence-electron chi connectivity index (χ0n) is 12.2. The summed E-state index contributed by atoms with van der Waals surface area (Å²) in [5, 5.41) is 4.78. The van der Waals surface area contributed by atoms with Crippen LogP contribution in [0.5, 0.6) is 0 Å². The normalized spacial score (nSPS) is 21.5. The van der Waals surface area contributed by atoms with Crippen LogP contribution in [-0.4, -0.2) is 54.1 Å². The summed E-state index contributed by atoms with van der Waals surface area (Å²) in [6, 6.07) is 3.27. The van der Waals surface area contributed by atoms with E-state index in [1.807, 2.05) is 24.4 Å². The number of amides is 2. The Hall–Kier alpha value is -1.05. The Kier molecular flexibility index (Phi) is 6.08. The topological polar surface area (TPSA) is 58.6 Å². The summed E-state index contributed by atoms with van der Waals surface area (Å²) in [5.41, 5.74) is 0. The molecule has 7 heteroatoms. The van der Waals surface area contributed by atoms with E-state index in [2.05, 4.69) is 5.32 Å². The van der Waals surface area contributed by atoms with Crippen molar-refractivity contribution in [3.63, 3.8) is 0 Å². The Balaban J connectivity index is 2.09. The predicted octanol–water partition coefficient (Wildman–Crippen LogP) is 1.80. The third-order valence-corrected chi connectivity index (χ3v) is 5.63. The molecular weight excluding hydrogens is 308 g/mol. The van der Waals surface area contributed by atoms with Crippen molar-refractivity contribution in [2.75, 3.05) is 26.0 Å². The third-order valence-electron chi connectivity index (χ3n) is 3.32. The van der Waals surface area contributed by atoms with Crippen molar-refractivity contribution in [3.05, 3.63) is 22.4 Å². The Morgan fingerprint density at radius 1 is 1.52 bits per heavy atom. The molecule has 1 aromatic rings. The summed E-state index contributed by atoms with van der Waals surface area (Å²) >= 11 is 3.08. The molecule has 1 aromatic heterocycles. The molecule has 0 aliphatic carbocycles. The van der Waals surface area contributed by atoms with Gasteiger partial charge in [0.25, 0.3) is 5.91 Å². The van der Waals surface area contributed by atoms with Gasteiger partial charge in [-0.2, -0.15) is 0 Å². The number of rotatable bonds is 6. The third kappa shape index (κ3) is 3.78. The average molecular weight is 328 g/mol. The number of hydrogen-bond acceptors (Lipinski definition) is 5. The van der Waals surface area contributed by atoms with Gasteiger partial charge in [0.05, 0.1) is 16.9 Å². The summed E-state index contributed by atoms with van der Waals surface area (Å²) < 4.78 is 4.93. The van der Waals surface area contributed by atoms with Crippen LogP contribution in [0.15, 0.2) is 17.5 Å². The van der Waals surface area contributed by atoms with Gasteiger partial charge in [-0.05, 0) is 17.9 Å². The highest BCUT2D eigenvalue weighted by molar-refractivity contribution is 8.00. The van der Waals surface area contributed by atoms with Gasteiger partial charge in [-0.3, -0.25) is 9.59 Å². The van der Waals surface area contributed by atoms with Crippen molar-refractivity contribution in [1.82, 2.24) is 10.2 Å². The Labute approximate surface area is 133 Å². The van der Waals surface area contributed by atoms with Crippen LogP contribution in [0.2, 0.25) is 0 Å². The van der Waals surface area contributed by atoms with E-state index in [0.717, 1.165) is 6.42 Å². The van der Waals surface area contributed by atoms with Crippen LogP contribution in [0.4, 0.5) is 0 Å². The van der Waals surface area contributed by atoms with Crippen molar-refractivity contribution < 1.29 is 14.3 Å². The fraction of sp³-hybridized carbons (Fsp3) is 0.571. The Morgan fingerprint density at radius 2 is 2.33 bits per heavy atom. The van der Waals surface area contributed by atoms with Crippen molar-refractivity contribution in [3.8, 4) is 0 Å². The van der Waals surface area contributed by atoms with E-state index >= 15 is 0 Å². The van der Waals surface area contributed by atoms with Crippen molar-refractivity contribution >= 4 is 34.9 Å². The molecule has 1 aliphatic rings. The van der Waals surface area contributed by atoms with E-state index in [1.54, 1.807) is 23.8 Å². The molecule has 21 heavy (non-hydrogen) atoms. The highest BCUT2D eigenvalue weighted by Gasteiger charge is 2.41. The van der Waals surface area contributed by atoms with Gasteiger partial charge in [0.2, 0.25) is 5.91 Å². The van der Waals surface area contributed by atoms with Gasteiger partial charge in [-0.25, -0.2) is 0 Å². The number of carbonyl (C=O) groups excluding carboxylic acids is 2. The van der Waals surface area contributed by atoms with Gasteiger partial charge >= 0.3 is 0 Å². The highest BCUT2D eigenvalue weighted by atomic mass is 32.2. The first-order chi connectivity index (χ1) is 10.2. The zero-order valence-corrected chi connectivity index (χ0v) is 13.8. The predicted molar refractivity (Wildman–Crippen MR) is 85.7 cm³/mol. The van der Waals surface area contributed by atoms with Gasteiger partial charge in [-0.1, -0.05) is 13.0 Å². The summed E-state index contributed by atoms with van der Waals surface area (Å²) in [5.74, 6) is 0.503. The van der Waals surface area contributed by atoms with Crippen LogP contribution >= 0.6 is 23.1 Å². The largest absolute Gasteiger partial charge is 0.383 e. The zero-order chi connectivity index (χ0) is 15.2. The number of carbonyl (C=O) groups is 2. The van der Waals surface area contributed by atoms with Crippen molar-refractivity contribution in [1.29, 1.82) is 0 Å². The monoisotopic (exact) mass is 328 g/mol. The number of hydrogen-bond donors (Lipinski definition) is 1. The minimum absolute atomic E-state index is 0.0475. The summed E-state index contributed by atoms with van der Waals surface area (Å²) in [7, 11) is 1.59. The summed E-state index contributed by atoms with van der Waals surface area (Å²) in [6.07, 6.45) is 0.837. The lowest BCUT2D eigenvalue weighted by Gasteiger charge is -2.27. The van der Waals surface area contributed by atoms with Crippen molar-refractivity contribution in [2.24, 2.45) is 0 Å². The van der Waals surface area contributed by atoms with Crippen molar-refractivity contribution in [2.45, 2.75) is 24.8 Å². The maximum Gasteiger partial charge on any atom is 0.265 e. The van der Waals surface area contributed by atoms with Gasteiger partial charge in [0.1, 0.15) is 6.04 Å². The standard InChI is InChI=1S/C14H20N2O3S2/c1-3-12-16(14(18)11-5-4-8-20-11)10(9-21-12)13(17)15-6-7-19-2/h4-5,8,10,12H,3,6-7,9H2,1-2H3,(H,15,17). The molecule has 0 aromatic carbocycles. The van der Waals surface area contributed by atoms with Gasteiger partial charge < -0.3 is 15.0 Å². The lowest BCUT2D eigenvalue weighted by molar-refractivity contribution is -0.125. The number of methoxy groups -OCH3 is 1. The van der Waals surface area contributed by atoms with Gasteiger partial charge in [0, 0.05) is 19.4 Å². The first-order valence-corrected chi connectivity index (χ1v) is 8.86. The minimum Gasteiger partial charge on any atom is -0.383 e. The Morgan fingerprint density at radius 3 is 2.95 bits per heavy atom. The molecule has 0 saturated carbocycles. The quantitative estimate of drug-likeness (QED) is 0.809. The summed E-state index contributed by atoms with van der Waals surface area (Å²) in [4.78, 5) is 27.4. The SMILES string of the molecule is CCC1SCC(C(=O)NCCOC)N1C(=O)c1cccs1. The minimum atomic E-state index is -0.397. The van der Waals surface area contributed by atoms with Gasteiger partial charge in [0.15, 0.2) is 0 Å². The van der Waals surface area contributed by atoms with Gasteiger partial charge in [-0.15, -0.1) is 23.1 Å². The number of nitrogens with zero attached hydrogens (tertiary/aromatic N) is 1. The molecule has 2 unspecified atom stereocenters. The molecule has 1 N–H and O–H groups in total. The molecule has 0 spiro atoms. The molecule has 116 valence electrons. The number of thioether (sulfide) groups is 1. The maximum absolute atomic E-state index is 12.6. The molecule has 2 heterocycles. The smallest absolute Gasteiger partial charge is 0.265 e. The van der Waals surface area contributed by atoms with E-state index in [0.29, 0.717) is 23.8 Å². The molecule has 2 amide bonds. The van der Waals surface area contributed by atoms with Crippen LogP contribution in [0.1, 0.15) is 23.0 Å². The van der Waals surface area contributed by atoms with Crippen LogP contribution < -0.4 is 5.32 Å².